The molecule has 0 heterocycles. The van der Waals surface area contributed by atoms with E-state index in [4.69, 9.17) is 10.2 Å². The number of allylic oxidation sites excluding steroid dienone is 5. The fraction of sp³-hybridized carbons (Fsp3) is 0.550. The van der Waals surface area contributed by atoms with Crippen molar-refractivity contribution in [3.63, 3.8) is 0 Å². The van der Waals surface area contributed by atoms with Crippen LogP contribution in [-0.2, 0) is 14.4 Å². The van der Waals surface area contributed by atoms with E-state index < -0.39 is 23.9 Å². The minimum atomic E-state index is -1.69. The summed E-state index contributed by atoms with van der Waals surface area (Å²) in [7, 11) is 0. The zero-order valence-corrected chi connectivity index (χ0v) is 17.4. The summed E-state index contributed by atoms with van der Waals surface area (Å²) in [5.74, 6) is -3.51. The van der Waals surface area contributed by atoms with Gasteiger partial charge in [-0.3, -0.25) is 4.79 Å². The Morgan fingerprint density at radius 1 is 0.926 bits per heavy atom. The van der Waals surface area contributed by atoms with Crippen LogP contribution in [0.5, 0.6) is 0 Å². The van der Waals surface area contributed by atoms with Crippen molar-refractivity contribution in [3.05, 3.63) is 34.9 Å². The third-order valence-electron chi connectivity index (χ3n) is 3.75. The molecule has 27 heavy (non-hydrogen) atoms. The molecule has 0 aliphatic carbocycles. The number of aliphatic carboxylic acids is 2. The van der Waals surface area contributed by atoms with E-state index in [0.717, 1.165) is 25.7 Å². The molecule has 7 heteroatoms. The summed E-state index contributed by atoms with van der Waals surface area (Å²) in [5, 5.41) is 19.5. The summed E-state index contributed by atoms with van der Waals surface area (Å²) in [6, 6.07) is -1.21. The van der Waals surface area contributed by atoms with E-state index in [2.05, 4.69) is 32.9 Å². The van der Waals surface area contributed by atoms with Crippen LogP contribution in [0.2, 0.25) is 0 Å². The summed E-state index contributed by atoms with van der Waals surface area (Å²) >= 11 is 1.34. The Morgan fingerprint density at radius 3 is 2.00 bits per heavy atom. The van der Waals surface area contributed by atoms with Gasteiger partial charge < -0.3 is 15.5 Å². The molecule has 0 fully saturated rings. The average molecular weight is 398 g/mol. The molecule has 0 aromatic heterocycles. The van der Waals surface area contributed by atoms with Crippen molar-refractivity contribution >= 4 is 29.6 Å². The van der Waals surface area contributed by atoms with Gasteiger partial charge in [0.2, 0.25) is 0 Å². The number of rotatable bonds is 12. The number of thioether (sulfide) groups is 1. The van der Waals surface area contributed by atoms with Crippen LogP contribution in [0, 0.1) is 0 Å². The second-order valence-electron chi connectivity index (χ2n) is 6.67. The van der Waals surface area contributed by atoms with Gasteiger partial charge in [0.25, 0.3) is 0 Å². The number of amides is 1. The van der Waals surface area contributed by atoms with Crippen LogP contribution >= 0.6 is 11.8 Å². The summed E-state index contributed by atoms with van der Waals surface area (Å²) in [6.45, 7) is 8.38. The standard InChI is InChI=1S/C20H31NO5S/c1-14(2)7-5-8-15(3)9-6-10-16(4)11-12-27-13-17(19(23)24)21-18(22)20(25)26/h7,9,11,17H,5-6,8,10,12-13H2,1-4H3,(H,21,22)(H,23,24)(H,25,26)/t17-/m0/s1. The molecule has 0 aliphatic rings. The van der Waals surface area contributed by atoms with Crippen LogP contribution in [0.4, 0.5) is 0 Å². The lowest BCUT2D eigenvalue weighted by atomic mass is 10.1. The molecule has 6 nitrogen and oxygen atoms in total. The average Bonchev–Trinajstić information content (AvgIpc) is 2.56. The van der Waals surface area contributed by atoms with Gasteiger partial charge in [0.15, 0.2) is 0 Å². The molecule has 0 unspecified atom stereocenters. The molecule has 0 saturated carbocycles. The van der Waals surface area contributed by atoms with E-state index >= 15 is 0 Å². The molecule has 0 bridgehead atoms. The van der Waals surface area contributed by atoms with Gasteiger partial charge in [-0.2, -0.15) is 11.8 Å². The van der Waals surface area contributed by atoms with Gasteiger partial charge in [-0.05, 0) is 53.4 Å². The van der Waals surface area contributed by atoms with Gasteiger partial charge in [0.05, 0.1) is 0 Å². The third kappa shape index (κ3) is 13.8. The number of carboxylic acids is 2. The van der Waals surface area contributed by atoms with Crippen molar-refractivity contribution in [2.75, 3.05) is 11.5 Å². The fourth-order valence-electron chi connectivity index (χ4n) is 2.12. The van der Waals surface area contributed by atoms with Crippen molar-refractivity contribution in [2.24, 2.45) is 0 Å². The number of hydrogen-bond donors (Lipinski definition) is 3. The predicted octanol–water partition coefficient (Wildman–Crippen LogP) is 3.79. The molecule has 1 atom stereocenters. The van der Waals surface area contributed by atoms with Gasteiger partial charge in [-0.25, -0.2) is 9.59 Å². The summed E-state index contributed by atoms with van der Waals surface area (Å²) in [6.07, 6.45) is 10.6. The second kappa shape index (κ2) is 14.1. The molecule has 0 saturated heterocycles. The first kappa shape index (κ1) is 25.0. The lowest BCUT2D eigenvalue weighted by Crippen LogP contribution is -2.45. The Labute approximate surface area is 165 Å². The number of carbonyl (C=O) groups is 3. The van der Waals surface area contributed by atoms with Crippen LogP contribution in [-0.4, -0.2) is 45.6 Å². The van der Waals surface area contributed by atoms with Crippen LogP contribution in [0.3, 0.4) is 0 Å². The molecule has 1 amide bonds. The second-order valence-corrected chi connectivity index (χ2v) is 7.74. The van der Waals surface area contributed by atoms with E-state index in [1.54, 1.807) is 0 Å². The van der Waals surface area contributed by atoms with E-state index in [-0.39, 0.29) is 5.75 Å². The molecule has 0 aromatic rings. The number of hydrogen-bond acceptors (Lipinski definition) is 4. The lowest BCUT2D eigenvalue weighted by molar-refractivity contribution is -0.151. The maximum Gasteiger partial charge on any atom is 0.394 e. The van der Waals surface area contributed by atoms with Gasteiger partial charge in [-0.1, -0.05) is 34.9 Å². The largest absolute Gasteiger partial charge is 0.480 e. The summed E-state index contributed by atoms with van der Waals surface area (Å²) in [4.78, 5) is 32.6. The predicted molar refractivity (Wildman–Crippen MR) is 110 cm³/mol. The van der Waals surface area contributed by atoms with Crippen LogP contribution in [0.25, 0.3) is 0 Å². The molecular formula is C20H31NO5S. The van der Waals surface area contributed by atoms with Crippen LogP contribution < -0.4 is 5.32 Å². The molecule has 0 radical (unpaired) electrons. The first-order chi connectivity index (χ1) is 12.6. The quantitative estimate of drug-likeness (QED) is 0.263. The van der Waals surface area contributed by atoms with Gasteiger partial charge in [-0.15, -0.1) is 0 Å². The van der Waals surface area contributed by atoms with Crippen LogP contribution in [0.1, 0.15) is 53.4 Å². The van der Waals surface area contributed by atoms with Gasteiger partial charge >= 0.3 is 17.8 Å². The SMILES string of the molecule is CC(C)=CCCC(C)=CCCC(C)=CCSC[C@H](NC(=O)C(=O)O)C(=O)O. The van der Waals surface area contributed by atoms with Crippen molar-refractivity contribution in [1.29, 1.82) is 0 Å². The fourth-order valence-corrected chi connectivity index (χ4v) is 3.12. The number of carbonyl (C=O) groups excluding carboxylic acids is 1. The maximum absolute atomic E-state index is 11.1. The highest BCUT2D eigenvalue weighted by molar-refractivity contribution is 7.99. The smallest absolute Gasteiger partial charge is 0.394 e. The topological polar surface area (TPSA) is 104 Å². The Hall–Kier alpha value is -2.02. The van der Waals surface area contributed by atoms with E-state index in [1.165, 1.54) is 28.5 Å². The molecule has 3 N–H and O–H groups in total. The Morgan fingerprint density at radius 2 is 1.48 bits per heavy atom. The van der Waals surface area contributed by atoms with Crippen molar-refractivity contribution in [2.45, 2.75) is 59.4 Å². The highest BCUT2D eigenvalue weighted by Gasteiger charge is 2.22. The highest BCUT2D eigenvalue weighted by Crippen LogP contribution is 2.13. The van der Waals surface area contributed by atoms with E-state index in [1.807, 2.05) is 18.3 Å². The number of carboxylic acid groups (broad SMARTS) is 2. The Bertz CT molecular complexity index is 603. The minimum absolute atomic E-state index is 0.113. The molecule has 0 aliphatic heterocycles. The normalized spacial score (nSPS) is 13.0. The van der Waals surface area contributed by atoms with Crippen molar-refractivity contribution < 1.29 is 24.6 Å². The minimum Gasteiger partial charge on any atom is -0.480 e. The lowest BCUT2D eigenvalue weighted by Gasteiger charge is -2.12. The summed E-state index contributed by atoms with van der Waals surface area (Å²) < 4.78 is 0. The molecule has 152 valence electrons. The highest BCUT2D eigenvalue weighted by atomic mass is 32.2. The van der Waals surface area contributed by atoms with Crippen LogP contribution in [0.15, 0.2) is 34.9 Å². The Balaban J connectivity index is 4.19. The zero-order chi connectivity index (χ0) is 20.8. The van der Waals surface area contributed by atoms with Gasteiger partial charge in [0, 0.05) is 11.5 Å². The Kier molecular flexibility index (Phi) is 13.0. The first-order valence-electron chi connectivity index (χ1n) is 8.92. The third-order valence-corrected chi connectivity index (χ3v) is 4.73. The van der Waals surface area contributed by atoms with E-state index in [0.29, 0.717) is 5.75 Å². The number of nitrogens with one attached hydrogen (secondary N) is 1. The van der Waals surface area contributed by atoms with Crippen molar-refractivity contribution in [3.8, 4) is 0 Å². The molecule has 0 spiro atoms. The van der Waals surface area contributed by atoms with Gasteiger partial charge in [0.1, 0.15) is 6.04 Å². The molecular weight excluding hydrogens is 366 g/mol. The van der Waals surface area contributed by atoms with E-state index in [9.17, 15) is 14.4 Å². The maximum atomic E-state index is 11.1. The monoisotopic (exact) mass is 397 g/mol. The summed E-state index contributed by atoms with van der Waals surface area (Å²) in [5.41, 5.74) is 3.94. The molecule has 0 rings (SSSR count). The van der Waals surface area contributed by atoms with Crippen molar-refractivity contribution in [1.82, 2.24) is 5.32 Å². The zero-order valence-electron chi connectivity index (χ0n) is 16.6. The molecule has 0 aromatic carbocycles. The first-order valence-corrected chi connectivity index (χ1v) is 10.1.